The lowest BCUT2D eigenvalue weighted by Gasteiger charge is -2.31. The van der Waals surface area contributed by atoms with E-state index in [1.165, 1.54) is 21.2 Å². The van der Waals surface area contributed by atoms with E-state index in [1.54, 1.807) is 31.4 Å². The van der Waals surface area contributed by atoms with E-state index in [4.69, 9.17) is 4.74 Å². The number of rotatable bonds is 6. The molecular weight excluding hydrogens is 558 g/mol. The second kappa shape index (κ2) is 10.7. The zero-order valence-corrected chi connectivity index (χ0v) is 24.3. The Balaban J connectivity index is 1.43. The largest absolute Gasteiger partial charge is 0.496 e. The van der Waals surface area contributed by atoms with Crippen molar-refractivity contribution in [2.75, 3.05) is 17.3 Å². The van der Waals surface area contributed by atoms with Crippen molar-refractivity contribution in [1.29, 1.82) is 0 Å². The number of imide groups is 1. The number of aromatic nitrogens is 1. The maximum absolute atomic E-state index is 14.0. The number of ether oxygens (including phenoxy) is 1. The molecule has 6 rings (SSSR count). The molecule has 2 aliphatic rings. The normalized spacial score (nSPS) is 19.6. The van der Waals surface area contributed by atoms with E-state index in [9.17, 15) is 19.2 Å². The van der Waals surface area contributed by atoms with E-state index in [0.29, 0.717) is 27.0 Å². The van der Waals surface area contributed by atoms with E-state index in [0.717, 1.165) is 28.0 Å². The first-order chi connectivity index (χ1) is 19.8. The minimum Gasteiger partial charge on any atom is -0.496 e. The third-order valence-electron chi connectivity index (χ3n) is 7.42. The quantitative estimate of drug-likeness (QED) is 0.321. The molecule has 2 aliphatic heterocycles. The van der Waals surface area contributed by atoms with Gasteiger partial charge in [0.2, 0.25) is 17.7 Å². The number of thioether (sulfide) groups is 1. The molecule has 3 heterocycles. The van der Waals surface area contributed by atoms with Gasteiger partial charge in [-0.05, 0) is 49.7 Å². The number of hydrogen-bond donors (Lipinski definition) is 1. The minimum absolute atomic E-state index is 0.217. The van der Waals surface area contributed by atoms with E-state index >= 15 is 0 Å². The summed E-state index contributed by atoms with van der Waals surface area (Å²) in [4.78, 5) is 55.9. The van der Waals surface area contributed by atoms with Gasteiger partial charge in [0.05, 0.1) is 23.7 Å². The molecule has 0 aliphatic carbocycles. The highest BCUT2D eigenvalue weighted by Crippen LogP contribution is 2.55. The number of thiazole rings is 1. The van der Waals surface area contributed by atoms with Crippen molar-refractivity contribution in [3.05, 3.63) is 104 Å². The fourth-order valence-corrected chi connectivity index (χ4v) is 8.29. The van der Waals surface area contributed by atoms with Crippen LogP contribution in [0.15, 0.2) is 82.6 Å². The SMILES string of the molecule is COc1ccccc1[C@H]1c2sc(=O)n(CC(=O)Nc3cccc(C)c3)c2SC2C(=O)N(c3ccc(C)cc3)C(=O)C21. The number of anilines is 2. The highest BCUT2D eigenvalue weighted by Gasteiger charge is 2.57. The Morgan fingerprint density at radius 3 is 2.41 bits per heavy atom. The Labute approximate surface area is 245 Å². The van der Waals surface area contributed by atoms with Gasteiger partial charge in [-0.3, -0.25) is 23.7 Å². The van der Waals surface area contributed by atoms with Gasteiger partial charge in [0.1, 0.15) is 17.5 Å². The number of methoxy groups -OCH3 is 1. The Hall–Kier alpha value is -4.15. The van der Waals surface area contributed by atoms with Gasteiger partial charge in [-0.25, -0.2) is 4.90 Å². The summed E-state index contributed by atoms with van der Waals surface area (Å²) >= 11 is 2.20. The average molecular weight is 586 g/mol. The first-order valence-electron chi connectivity index (χ1n) is 13.1. The van der Waals surface area contributed by atoms with Crippen molar-refractivity contribution in [2.24, 2.45) is 5.92 Å². The van der Waals surface area contributed by atoms with Crippen LogP contribution in [0.4, 0.5) is 11.4 Å². The molecule has 1 aromatic heterocycles. The average Bonchev–Trinajstić information content (AvgIpc) is 3.39. The smallest absolute Gasteiger partial charge is 0.308 e. The van der Waals surface area contributed by atoms with Crippen molar-refractivity contribution >= 4 is 52.2 Å². The van der Waals surface area contributed by atoms with E-state index in [2.05, 4.69) is 5.32 Å². The zero-order chi connectivity index (χ0) is 28.8. The van der Waals surface area contributed by atoms with Gasteiger partial charge in [-0.2, -0.15) is 0 Å². The molecule has 1 N–H and O–H groups in total. The Kier molecular flexibility index (Phi) is 7.04. The summed E-state index contributed by atoms with van der Waals surface area (Å²) in [5.41, 5.74) is 3.88. The molecule has 4 aromatic rings. The summed E-state index contributed by atoms with van der Waals surface area (Å²) in [5, 5.41) is 2.62. The third kappa shape index (κ3) is 4.76. The Morgan fingerprint density at radius 1 is 0.927 bits per heavy atom. The minimum atomic E-state index is -0.772. The van der Waals surface area contributed by atoms with E-state index in [1.807, 2.05) is 62.4 Å². The van der Waals surface area contributed by atoms with Gasteiger partial charge in [0.25, 0.3) is 0 Å². The topological polar surface area (TPSA) is 97.7 Å². The summed E-state index contributed by atoms with van der Waals surface area (Å²) in [6, 6.07) is 22.0. The number of nitrogens with one attached hydrogen (secondary N) is 1. The summed E-state index contributed by atoms with van der Waals surface area (Å²) in [6.07, 6.45) is 0. The van der Waals surface area contributed by atoms with Crippen LogP contribution in [0, 0.1) is 19.8 Å². The summed E-state index contributed by atoms with van der Waals surface area (Å²) in [6.45, 7) is 3.66. The number of hydrogen-bond acceptors (Lipinski definition) is 7. The van der Waals surface area contributed by atoms with Gasteiger partial charge in [0.15, 0.2) is 0 Å². The van der Waals surface area contributed by atoms with Crippen LogP contribution in [-0.4, -0.2) is 34.6 Å². The van der Waals surface area contributed by atoms with Gasteiger partial charge in [-0.15, -0.1) is 0 Å². The van der Waals surface area contributed by atoms with Gasteiger partial charge < -0.3 is 10.1 Å². The second-order valence-corrected chi connectivity index (χ2v) is 12.3. The maximum atomic E-state index is 14.0. The number of para-hydroxylation sites is 1. The molecule has 0 radical (unpaired) electrons. The van der Waals surface area contributed by atoms with Gasteiger partial charge >= 0.3 is 4.87 Å². The van der Waals surface area contributed by atoms with Crippen molar-refractivity contribution in [3.8, 4) is 5.75 Å². The van der Waals surface area contributed by atoms with Crippen LogP contribution in [0.25, 0.3) is 0 Å². The van der Waals surface area contributed by atoms with Crippen LogP contribution >= 0.6 is 23.1 Å². The molecule has 1 fully saturated rings. The second-order valence-electron chi connectivity index (χ2n) is 10.2. The number of aryl methyl sites for hydroxylation is 2. The van der Waals surface area contributed by atoms with Crippen LogP contribution in [0.3, 0.4) is 0 Å². The maximum Gasteiger partial charge on any atom is 0.308 e. The van der Waals surface area contributed by atoms with Crippen LogP contribution < -0.4 is 19.8 Å². The molecule has 0 bridgehead atoms. The monoisotopic (exact) mass is 585 g/mol. The molecule has 10 heteroatoms. The highest BCUT2D eigenvalue weighted by atomic mass is 32.2. The first kappa shape index (κ1) is 27.0. The molecule has 3 aromatic carbocycles. The van der Waals surface area contributed by atoms with Crippen LogP contribution in [0.1, 0.15) is 27.5 Å². The Bertz CT molecular complexity index is 1740. The lowest BCUT2D eigenvalue weighted by molar-refractivity contribution is -0.122. The van der Waals surface area contributed by atoms with Crippen LogP contribution in [-0.2, 0) is 20.9 Å². The lowest BCUT2D eigenvalue weighted by atomic mass is 9.82. The first-order valence-corrected chi connectivity index (χ1v) is 14.8. The summed E-state index contributed by atoms with van der Waals surface area (Å²) < 4.78 is 7.08. The van der Waals surface area contributed by atoms with Gasteiger partial charge in [-0.1, -0.05) is 71.1 Å². The van der Waals surface area contributed by atoms with Crippen LogP contribution in [0.2, 0.25) is 0 Å². The molecule has 208 valence electrons. The molecule has 1 saturated heterocycles. The van der Waals surface area contributed by atoms with Gasteiger partial charge in [0, 0.05) is 22.0 Å². The number of amides is 3. The molecule has 41 heavy (non-hydrogen) atoms. The number of benzene rings is 3. The van der Waals surface area contributed by atoms with E-state index < -0.39 is 17.1 Å². The predicted octanol–water partition coefficient (Wildman–Crippen LogP) is 4.97. The fourth-order valence-electron chi connectivity index (χ4n) is 5.53. The van der Waals surface area contributed by atoms with Crippen molar-refractivity contribution in [3.63, 3.8) is 0 Å². The fraction of sp³-hybridized carbons (Fsp3) is 0.226. The lowest BCUT2D eigenvalue weighted by Crippen LogP contribution is -2.33. The molecular formula is C31H27N3O5S2. The van der Waals surface area contributed by atoms with Crippen molar-refractivity contribution < 1.29 is 19.1 Å². The highest BCUT2D eigenvalue weighted by molar-refractivity contribution is 8.00. The predicted molar refractivity (Wildman–Crippen MR) is 160 cm³/mol. The summed E-state index contributed by atoms with van der Waals surface area (Å²) in [7, 11) is 1.55. The number of carbonyl (C=O) groups excluding carboxylic acids is 3. The molecule has 0 saturated carbocycles. The van der Waals surface area contributed by atoms with Crippen molar-refractivity contribution in [1.82, 2.24) is 4.57 Å². The summed E-state index contributed by atoms with van der Waals surface area (Å²) in [5.74, 6) is -1.79. The molecule has 8 nitrogen and oxygen atoms in total. The zero-order valence-electron chi connectivity index (χ0n) is 22.6. The van der Waals surface area contributed by atoms with E-state index in [-0.39, 0.29) is 29.1 Å². The molecule has 2 unspecified atom stereocenters. The Morgan fingerprint density at radius 2 is 1.68 bits per heavy atom. The molecule has 0 spiro atoms. The number of fused-ring (bicyclic) bond motifs is 2. The van der Waals surface area contributed by atoms with Crippen LogP contribution in [0.5, 0.6) is 5.75 Å². The molecule has 3 atom stereocenters. The standard InChI is InChI=1S/C31H27N3O5S2/c1-17-11-13-20(14-12-17)34-28(36)25-24(21-9-4-5-10-22(21)39-3)27-30(40-26(25)29(34)37)33(31(38)41-27)16-23(35)32-19-8-6-7-18(2)15-19/h4-15,24-26H,16H2,1-3H3,(H,32,35)/t24-,25?,26?/m1/s1. The van der Waals surface area contributed by atoms with Crippen molar-refractivity contribution in [2.45, 2.75) is 36.6 Å². The number of carbonyl (C=O) groups is 3. The third-order valence-corrected chi connectivity index (χ3v) is 10.0. The number of nitrogens with zero attached hydrogens (tertiary/aromatic N) is 2. The molecule has 3 amide bonds.